The zero-order valence-corrected chi connectivity index (χ0v) is 30.3. The lowest BCUT2D eigenvalue weighted by Crippen LogP contribution is -2.48. The third kappa shape index (κ3) is 6.57. The molecule has 3 amide bonds. The number of fused-ring (bicyclic) bond motifs is 2. The van der Waals surface area contributed by atoms with E-state index in [2.05, 4.69) is 30.1 Å². The summed E-state index contributed by atoms with van der Waals surface area (Å²) in [4.78, 5) is 59.7. The highest BCUT2D eigenvalue weighted by Gasteiger charge is 2.33. The van der Waals surface area contributed by atoms with Gasteiger partial charge in [0, 0.05) is 76.2 Å². The van der Waals surface area contributed by atoms with Crippen LogP contribution >= 0.6 is 0 Å². The molecule has 5 heterocycles. The van der Waals surface area contributed by atoms with E-state index in [0.717, 1.165) is 80.5 Å². The van der Waals surface area contributed by atoms with Crippen molar-refractivity contribution in [3.63, 3.8) is 0 Å². The van der Waals surface area contributed by atoms with Crippen LogP contribution in [0, 0.1) is 17.2 Å². The number of imide groups is 1. The number of amides is 3. The molecule has 1 unspecified atom stereocenters. The molecule has 8 rings (SSSR count). The number of piperidine rings is 1. The second-order valence-electron chi connectivity index (χ2n) is 14.5. The largest absolute Gasteiger partial charge is 0.494 e. The molecule has 0 radical (unpaired) electrons. The zero-order chi connectivity index (χ0) is 37.5. The monoisotopic (exact) mass is 730 g/mol. The summed E-state index contributed by atoms with van der Waals surface area (Å²) in [6, 6.07) is 12.7. The minimum atomic E-state index is -0.705. The van der Waals surface area contributed by atoms with Gasteiger partial charge in [0.2, 0.25) is 11.8 Å². The van der Waals surface area contributed by atoms with Crippen LogP contribution in [-0.2, 0) is 16.6 Å². The third-order valence-corrected chi connectivity index (χ3v) is 11.2. The van der Waals surface area contributed by atoms with E-state index in [1.165, 1.54) is 18.5 Å². The Kier molecular flexibility index (Phi) is 9.36. The first kappa shape index (κ1) is 35.0. The normalized spacial score (nSPS) is 20.9. The average molecular weight is 731 g/mol. The van der Waals surface area contributed by atoms with Crippen molar-refractivity contribution in [2.75, 3.05) is 50.1 Å². The van der Waals surface area contributed by atoms with E-state index in [4.69, 9.17) is 9.84 Å². The van der Waals surface area contributed by atoms with Gasteiger partial charge < -0.3 is 15.0 Å². The number of nitrogens with zero attached hydrogens (tertiary/aromatic N) is 8. The van der Waals surface area contributed by atoms with Crippen LogP contribution in [0.15, 0.2) is 59.8 Å². The minimum Gasteiger partial charge on any atom is -0.494 e. The van der Waals surface area contributed by atoms with Crippen molar-refractivity contribution in [2.45, 2.75) is 50.6 Å². The molecule has 5 aromatic rings. The van der Waals surface area contributed by atoms with E-state index >= 15 is 0 Å². The maximum atomic E-state index is 13.4. The quantitative estimate of drug-likeness (QED) is 0.224. The van der Waals surface area contributed by atoms with Gasteiger partial charge in [-0.3, -0.25) is 43.4 Å². The fourth-order valence-electron chi connectivity index (χ4n) is 8.38. The molecule has 1 saturated carbocycles. The van der Waals surface area contributed by atoms with E-state index in [0.29, 0.717) is 34.9 Å². The molecule has 54 heavy (non-hydrogen) atoms. The highest BCUT2D eigenvalue weighted by atomic mass is 16.5. The Morgan fingerprint density at radius 2 is 1.83 bits per heavy atom. The van der Waals surface area contributed by atoms with E-state index in [1.807, 2.05) is 42.6 Å². The molecular weight excluding hydrogens is 688 g/mol. The second kappa shape index (κ2) is 14.4. The number of carbonyl (C=O) groups excluding carboxylic acids is 3. The Labute approximate surface area is 311 Å². The molecule has 15 nitrogen and oxygen atoms in total. The third-order valence-electron chi connectivity index (χ3n) is 11.2. The fourth-order valence-corrected chi connectivity index (χ4v) is 8.38. The molecular formula is C39H42N10O5. The molecule has 2 aromatic carbocycles. The van der Waals surface area contributed by atoms with Crippen LogP contribution in [0.4, 0.5) is 11.4 Å². The lowest BCUT2D eigenvalue weighted by atomic mass is 9.85. The fraction of sp³-hybridized carbons (Fsp3) is 0.410. The van der Waals surface area contributed by atoms with E-state index in [1.54, 1.807) is 23.3 Å². The van der Waals surface area contributed by atoms with Crippen molar-refractivity contribution in [1.29, 1.82) is 5.26 Å². The Balaban J connectivity index is 0.879. The van der Waals surface area contributed by atoms with E-state index in [9.17, 15) is 24.4 Å². The van der Waals surface area contributed by atoms with Gasteiger partial charge in [-0.05, 0) is 62.3 Å². The number of piperazine rings is 1. The van der Waals surface area contributed by atoms with Crippen molar-refractivity contribution in [2.24, 2.45) is 13.0 Å². The molecule has 2 aliphatic heterocycles. The SMILES string of the molecule is COc1cc2nn(C3CCC(CN4CCN(c5cccc6c5n(C)c(=O)n6C5CCC(=O)NC5=O)CC4)CC3)cc2cc1NC(=O)c1cncc(C#N)c1. The highest BCUT2D eigenvalue weighted by molar-refractivity contribution is 6.06. The number of carbonyl (C=O) groups is 3. The minimum absolute atomic E-state index is 0.211. The number of para-hydroxylation sites is 1. The summed E-state index contributed by atoms with van der Waals surface area (Å²) in [5.74, 6) is -0.0101. The summed E-state index contributed by atoms with van der Waals surface area (Å²) in [5.41, 5.74) is 4.16. The summed E-state index contributed by atoms with van der Waals surface area (Å²) in [6.07, 6.45) is 9.68. The number of hydrogen-bond acceptors (Lipinski definition) is 10. The van der Waals surface area contributed by atoms with Crippen LogP contribution in [0.3, 0.4) is 0 Å². The standard InChI is InChI=1S/C39H42N10O5/c1-45-36-31(4-3-5-32(36)49(39(45)53)33-10-11-35(50)43-38(33)52)47-14-12-46(13-15-47)22-24-6-8-28(9-7-24)48-23-27-17-30(34(54-2)18-29(27)44-48)42-37(51)26-16-25(19-40)20-41-21-26/h3-5,16-18,20-21,23-24,28,33H,6-15,22H2,1-2H3,(H,42,51)(H,43,50,52). The van der Waals surface area contributed by atoms with Crippen LogP contribution in [0.25, 0.3) is 21.9 Å². The molecule has 0 spiro atoms. The first-order valence-corrected chi connectivity index (χ1v) is 18.4. The number of nitrogens with one attached hydrogen (secondary N) is 2. The maximum Gasteiger partial charge on any atom is 0.329 e. The van der Waals surface area contributed by atoms with Gasteiger partial charge in [0.15, 0.2) is 0 Å². The smallest absolute Gasteiger partial charge is 0.329 e. The first-order chi connectivity index (χ1) is 26.2. The van der Waals surface area contributed by atoms with Gasteiger partial charge in [0.25, 0.3) is 5.91 Å². The lowest BCUT2D eigenvalue weighted by Gasteiger charge is -2.39. The lowest BCUT2D eigenvalue weighted by molar-refractivity contribution is -0.135. The van der Waals surface area contributed by atoms with Crippen LogP contribution in [-0.4, -0.2) is 86.4 Å². The molecule has 3 aliphatic rings. The first-order valence-electron chi connectivity index (χ1n) is 18.4. The number of aryl methyl sites for hydroxylation is 1. The topological polar surface area (TPSA) is 172 Å². The number of methoxy groups -OCH3 is 1. The van der Waals surface area contributed by atoms with Gasteiger partial charge in [-0.15, -0.1) is 0 Å². The van der Waals surface area contributed by atoms with Crippen LogP contribution in [0.5, 0.6) is 5.75 Å². The Hall–Kier alpha value is -6.01. The molecule has 0 bridgehead atoms. The predicted molar refractivity (Wildman–Crippen MR) is 201 cm³/mol. The van der Waals surface area contributed by atoms with E-state index in [-0.39, 0.29) is 35.5 Å². The number of benzene rings is 2. The number of aromatic nitrogens is 5. The number of imidazole rings is 1. The van der Waals surface area contributed by atoms with Crippen molar-refractivity contribution in [3.8, 4) is 11.8 Å². The van der Waals surface area contributed by atoms with E-state index < -0.39 is 11.9 Å². The van der Waals surface area contributed by atoms with Gasteiger partial charge in [-0.1, -0.05) is 6.07 Å². The number of pyridine rings is 1. The number of anilines is 2. The molecule has 15 heteroatoms. The molecule has 2 N–H and O–H groups in total. The number of nitriles is 1. The summed E-state index contributed by atoms with van der Waals surface area (Å²) in [6.45, 7) is 4.55. The molecule has 1 atom stereocenters. The highest BCUT2D eigenvalue weighted by Crippen LogP contribution is 2.36. The molecule has 3 fully saturated rings. The number of ether oxygens (including phenoxy) is 1. The molecule has 278 valence electrons. The predicted octanol–water partition coefficient (Wildman–Crippen LogP) is 3.75. The van der Waals surface area contributed by atoms with Gasteiger partial charge in [-0.2, -0.15) is 10.4 Å². The Morgan fingerprint density at radius 1 is 1.04 bits per heavy atom. The van der Waals surface area contributed by atoms with Crippen LogP contribution < -0.4 is 26.0 Å². The van der Waals surface area contributed by atoms with Crippen molar-refractivity contribution < 1.29 is 19.1 Å². The summed E-state index contributed by atoms with van der Waals surface area (Å²) < 4.78 is 10.8. The van der Waals surface area contributed by atoms with Gasteiger partial charge >= 0.3 is 5.69 Å². The zero-order valence-electron chi connectivity index (χ0n) is 30.3. The van der Waals surface area contributed by atoms with Crippen molar-refractivity contribution in [1.82, 2.24) is 34.1 Å². The van der Waals surface area contributed by atoms with Crippen molar-refractivity contribution in [3.05, 3.63) is 76.6 Å². The van der Waals surface area contributed by atoms with Gasteiger partial charge in [0.1, 0.15) is 17.9 Å². The number of hydrogen-bond donors (Lipinski definition) is 2. The summed E-state index contributed by atoms with van der Waals surface area (Å²) in [5, 5.41) is 20.3. The van der Waals surface area contributed by atoms with Crippen LogP contribution in [0.1, 0.15) is 66.5 Å². The van der Waals surface area contributed by atoms with Gasteiger partial charge in [-0.25, -0.2) is 4.79 Å². The summed E-state index contributed by atoms with van der Waals surface area (Å²) in [7, 11) is 3.31. The second-order valence-corrected chi connectivity index (χ2v) is 14.5. The van der Waals surface area contributed by atoms with Crippen molar-refractivity contribution >= 4 is 51.0 Å². The average Bonchev–Trinajstić information content (AvgIpc) is 3.72. The number of rotatable bonds is 8. The Morgan fingerprint density at radius 3 is 2.57 bits per heavy atom. The maximum absolute atomic E-state index is 13.4. The molecule has 1 aliphatic carbocycles. The van der Waals surface area contributed by atoms with Gasteiger partial charge in [0.05, 0.1) is 52.2 Å². The Bertz CT molecular complexity index is 2370. The van der Waals surface area contributed by atoms with Crippen LogP contribution in [0.2, 0.25) is 0 Å². The summed E-state index contributed by atoms with van der Waals surface area (Å²) >= 11 is 0. The molecule has 2 saturated heterocycles. The molecule has 3 aromatic heterocycles.